The number of anilines is 1. The summed E-state index contributed by atoms with van der Waals surface area (Å²) in [6.45, 7) is 1.31. The van der Waals surface area contributed by atoms with Crippen LogP contribution in [0, 0.1) is 12.3 Å². The molecule has 2 rings (SSSR count). The highest BCUT2D eigenvalue weighted by atomic mass is 35.5. The predicted octanol–water partition coefficient (Wildman–Crippen LogP) is 2.52. The second-order valence-corrected chi connectivity index (χ2v) is 5.11. The summed E-state index contributed by atoms with van der Waals surface area (Å²) in [5.41, 5.74) is -1.79. The van der Waals surface area contributed by atoms with E-state index in [1.807, 2.05) is 0 Å². The number of pyridine rings is 1. The van der Waals surface area contributed by atoms with Crippen molar-refractivity contribution in [3.63, 3.8) is 0 Å². The Kier molecular flexibility index (Phi) is 3.93. The second-order valence-electron chi connectivity index (χ2n) is 4.73. The zero-order chi connectivity index (χ0) is 15.0. The Morgan fingerprint density at radius 1 is 1.50 bits per heavy atom. The first-order valence-electron chi connectivity index (χ1n) is 5.98. The largest absolute Gasteiger partial charge is 0.404 e. The molecule has 1 fully saturated rings. The molecule has 1 saturated heterocycles. The lowest BCUT2D eigenvalue weighted by molar-refractivity contribution is -0.213. The summed E-state index contributed by atoms with van der Waals surface area (Å²) in [6, 6.07) is 2.85. The van der Waals surface area contributed by atoms with Crippen LogP contribution in [0.3, 0.4) is 0 Å². The summed E-state index contributed by atoms with van der Waals surface area (Å²) < 4.78 is 39.6. The van der Waals surface area contributed by atoms with E-state index in [9.17, 15) is 18.0 Å². The minimum absolute atomic E-state index is 0.158. The molecule has 110 valence electrons. The third kappa shape index (κ3) is 2.60. The standard InChI is InChI=1S/C12H13ClF3N3O/c1-7-8(2-3-9(13)18-7)19-10(20)11(12(14,15)16)4-5-17-6-11/h2-3,17H,4-6H2,1H3,(H,19,20). The molecule has 8 heteroatoms. The molecule has 0 bridgehead atoms. The normalized spacial score (nSPS) is 22.9. The smallest absolute Gasteiger partial charge is 0.324 e. The summed E-state index contributed by atoms with van der Waals surface area (Å²) in [6.07, 6.45) is -4.88. The SMILES string of the molecule is Cc1nc(Cl)ccc1NC(=O)C1(C(F)(F)F)CCNC1. The Morgan fingerprint density at radius 3 is 2.70 bits per heavy atom. The van der Waals surface area contributed by atoms with Crippen LogP contribution in [0.5, 0.6) is 0 Å². The van der Waals surface area contributed by atoms with Crippen molar-refractivity contribution in [3.8, 4) is 0 Å². The molecule has 1 aliphatic heterocycles. The molecule has 2 heterocycles. The van der Waals surface area contributed by atoms with Crippen LogP contribution in [0.15, 0.2) is 12.1 Å². The summed E-state index contributed by atoms with van der Waals surface area (Å²) in [4.78, 5) is 16.0. The lowest BCUT2D eigenvalue weighted by Gasteiger charge is -2.29. The molecule has 0 spiro atoms. The van der Waals surface area contributed by atoms with Gasteiger partial charge in [0, 0.05) is 6.54 Å². The summed E-state index contributed by atoms with van der Waals surface area (Å²) in [5.74, 6) is -1.07. The topological polar surface area (TPSA) is 54.0 Å². The van der Waals surface area contributed by atoms with Crippen LogP contribution in [0.4, 0.5) is 18.9 Å². The Hall–Kier alpha value is -1.34. The number of hydrogen-bond acceptors (Lipinski definition) is 3. The third-order valence-electron chi connectivity index (χ3n) is 3.43. The van der Waals surface area contributed by atoms with Crippen LogP contribution >= 0.6 is 11.6 Å². The summed E-state index contributed by atoms with van der Waals surface area (Å²) >= 11 is 5.67. The summed E-state index contributed by atoms with van der Waals surface area (Å²) in [5, 5.41) is 5.12. The van der Waals surface area contributed by atoms with E-state index in [-0.39, 0.29) is 23.8 Å². The minimum Gasteiger partial charge on any atom is -0.324 e. The van der Waals surface area contributed by atoms with E-state index in [0.717, 1.165) is 0 Å². The van der Waals surface area contributed by atoms with Gasteiger partial charge in [-0.15, -0.1) is 0 Å². The van der Waals surface area contributed by atoms with Gasteiger partial charge >= 0.3 is 6.18 Å². The Morgan fingerprint density at radius 2 is 2.20 bits per heavy atom. The van der Waals surface area contributed by atoms with Gasteiger partial charge in [0.05, 0.1) is 11.4 Å². The van der Waals surface area contributed by atoms with E-state index in [1.165, 1.54) is 12.1 Å². The number of amides is 1. The molecule has 0 saturated carbocycles. The maximum absolute atomic E-state index is 13.2. The average Bonchev–Trinajstić information content (AvgIpc) is 2.82. The van der Waals surface area contributed by atoms with Crippen LogP contribution in [0.2, 0.25) is 5.15 Å². The number of aromatic nitrogens is 1. The maximum Gasteiger partial charge on any atom is 0.404 e. The van der Waals surface area contributed by atoms with Gasteiger partial charge in [0.15, 0.2) is 5.41 Å². The number of nitrogens with zero attached hydrogens (tertiary/aromatic N) is 1. The monoisotopic (exact) mass is 307 g/mol. The zero-order valence-electron chi connectivity index (χ0n) is 10.6. The van der Waals surface area contributed by atoms with E-state index in [0.29, 0.717) is 5.69 Å². The second kappa shape index (κ2) is 5.21. The first-order chi connectivity index (χ1) is 9.26. The molecule has 0 radical (unpaired) electrons. The predicted molar refractivity (Wildman–Crippen MR) is 68.6 cm³/mol. The van der Waals surface area contributed by atoms with Crippen molar-refractivity contribution < 1.29 is 18.0 Å². The van der Waals surface area contributed by atoms with Crippen molar-refractivity contribution in [2.75, 3.05) is 18.4 Å². The van der Waals surface area contributed by atoms with E-state index in [4.69, 9.17) is 11.6 Å². The summed E-state index contributed by atoms with van der Waals surface area (Å²) in [7, 11) is 0. The number of alkyl halides is 3. The fourth-order valence-corrected chi connectivity index (χ4v) is 2.35. The van der Waals surface area contributed by atoms with Crippen molar-refractivity contribution >= 4 is 23.2 Å². The number of aryl methyl sites for hydroxylation is 1. The van der Waals surface area contributed by atoms with Crippen LogP contribution in [0.1, 0.15) is 12.1 Å². The quantitative estimate of drug-likeness (QED) is 0.826. The van der Waals surface area contributed by atoms with E-state index < -0.39 is 24.0 Å². The van der Waals surface area contributed by atoms with Crippen LogP contribution in [-0.2, 0) is 4.79 Å². The lowest BCUT2D eigenvalue weighted by Crippen LogP contribution is -2.49. The Bertz CT molecular complexity index is 527. The zero-order valence-corrected chi connectivity index (χ0v) is 11.4. The van der Waals surface area contributed by atoms with Gasteiger partial charge in [-0.3, -0.25) is 4.79 Å². The Balaban J connectivity index is 2.26. The fourth-order valence-electron chi connectivity index (χ4n) is 2.16. The van der Waals surface area contributed by atoms with Gasteiger partial charge in [0.1, 0.15) is 5.15 Å². The molecule has 4 nitrogen and oxygen atoms in total. The minimum atomic E-state index is -4.60. The number of nitrogens with one attached hydrogen (secondary N) is 2. The molecule has 0 aliphatic carbocycles. The third-order valence-corrected chi connectivity index (χ3v) is 3.64. The molecule has 1 aromatic heterocycles. The average molecular weight is 308 g/mol. The molecule has 1 aromatic rings. The number of rotatable bonds is 2. The fraction of sp³-hybridized carbons (Fsp3) is 0.500. The van der Waals surface area contributed by atoms with Gasteiger partial charge < -0.3 is 10.6 Å². The molecule has 1 amide bonds. The van der Waals surface area contributed by atoms with E-state index >= 15 is 0 Å². The molecule has 2 N–H and O–H groups in total. The highest BCUT2D eigenvalue weighted by molar-refractivity contribution is 6.29. The molecule has 1 unspecified atom stereocenters. The number of halogens is 4. The highest BCUT2D eigenvalue weighted by Gasteiger charge is 2.61. The first kappa shape index (κ1) is 15.1. The molecular weight excluding hydrogens is 295 g/mol. The van der Waals surface area contributed by atoms with Gasteiger partial charge in [-0.2, -0.15) is 13.2 Å². The molecule has 1 atom stereocenters. The van der Waals surface area contributed by atoms with Crippen molar-refractivity contribution in [2.24, 2.45) is 5.41 Å². The van der Waals surface area contributed by atoms with Crippen LogP contribution < -0.4 is 10.6 Å². The Labute approximate surface area is 118 Å². The van der Waals surface area contributed by atoms with E-state index in [1.54, 1.807) is 6.92 Å². The van der Waals surface area contributed by atoms with Crippen molar-refractivity contribution in [1.29, 1.82) is 0 Å². The van der Waals surface area contributed by atoms with Crippen LogP contribution in [-0.4, -0.2) is 30.2 Å². The molecular formula is C12H13ClF3N3O. The van der Waals surface area contributed by atoms with E-state index in [2.05, 4.69) is 15.6 Å². The number of hydrogen-bond donors (Lipinski definition) is 2. The molecule has 1 aliphatic rings. The highest BCUT2D eigenvalue weighted by Crippen LogP contribution is 2.43. The van der Waals surface area contributed by atoms with Crippen molar-refractivity contribution in [1.82, 2.24) is 10.3 Å². The van der Waals surface area contributed by atoms with Gasteiger partial charge in [-0.25, -0.2) is 4.98 Å². The first-order valence-corrected chi connectivity index (χ1v) is 6.36. The van der Waals surface area contributed by atoms with Crippen LogP contribution in [0.25, 0.3) is 0 Å². The molecule has 20 heavy (non-hydrogen) atoms. The maximum atomic E-state index is 13.2. The molecule has 0 aromatic carbocycles. The van der Waals surface area contributed by atoms with Gasteiger partial charge in [-0.05, 0) is 32.0 Å². The lowest BCUT2D eigenvalue weighted by atomic mass is 9.85. The van der Waals surface area contributed by atoms with Gasteiger partial charge in [-0.1, -0.05) is 11.6 Å². The number of carbonyl (C=O) groups is 1. The van der Waals surface area contributed by atoms with Crippen molar-refractivity contribution in [2.45, 2.75) is 19.5 Å². The van der Waals surface area contributed by atoms with Crippen molar-refractivity contribution in [3.05, 3.63) is 23.0 Å². The number of carbonyl (C=O) groups excluding carboxylic acids is 1. The van der Waals surface area contributed by atoms with Gasteiger partial charge in [0.25, 0.3) is 0 Å². The van der Waals surface area contributed by atoms with Gasteiger partial charge in [0.2, 0.25) is 5.91 Å².